The van der Waals surface area contributed by atoms with Crippen molar-refractivity contribution in [2.24, 2.45) is 0 Å². The van der Waals surface area contributed by atoms with Crippen molar-refractivity contribution < 1.29 is 13.9 Å². The van der Waals surface area contributed by atoms with Crippen LogP contribution < -0.4 is 10.1 Å². The van der Waals surface area contributed by atoms with Crippen LogP contribution in [0.2, 0.25) is 0 Å². The van der Waals surface area contributed by atoms with Crippen LogP contribution in [0.25, 0.3) is 27.7 Å². The number of hydrogen-bond acceptors (Lipinski definition) is 3. The number of amides is 1. The van der Waals surface area contributed by atoms with E-state index in [0.29, 0.717) is 12.5 Å². The molecule has 0 unspecified atom stereocenters. The van der Waals surface area contributed by atoms with E-state index in [9.17, 15) is 4.79 Å². The summed E-state index contributed by atoms with van der Waals surface area (Å²) in [5, 5.41) is 3.98. The summed E-state index contributed by atoms with van der Waals surface area (Å²) in [7, 11) is 0. The van der Waals surface area contributed by atoms with Crippen LogP contribution in [0.15, 0.2) is 71.4 Å². The van der Waals surface area contributed by atoms with Crippen LogP contribution in [-0.4, -0.2) is 12.5 Å². The highest BCUT2D eigenvalue weighted by atomic mass is 16.5. The predicted octanol–water partition coefficient (Wildman–Crippen LogP) is 8.28. The Morgan fingerprint density at radius 3 is 2.37 bits per heavy atom. The van der Waals surface area contributed by atoms with Gasteiger partial charge < -0.3 is 14.5 Å². The first-order valence-electron chi connectivity index (χ1n) is 12.1. The van der Waals surface area contributed by atoms with Crippen LogP contribution >= 0.6 is 0 Å². The van der Waals surface area contributed by atoms with E-state index in [1.807, 2.05) is 45.0 Å². The molecule has 1 aromatic heterocycles. The van der Waals surface area contributed by atoms with Crippen molar-refractivity contribution >= 4 is 28.1 Å². The Hall–Kier alpha value is -3.79. The lowest BCUT2D eigenvalue weighted by molar-refractivity contribution is -0.111. The summed E-state index contributed by atoms with van der Waals surface area (Å²) < 4.78 is 12.0. The Balaban J connectivity index is 1.72. The summed E-state index contributed by atoms with van der Waals surface area (Å²) >= 11 is 0. The molecule has 4 heteroatoms. The number of ether oxygens (including phenoxy) is 1. The molecule has 3 aromatic carbocycles. The fraction of sp³-hybridized carbons (Fsp3) is 0.258. The molecule has 1 heterocycles. The number of carbonyl (C=O) groups excluding carboxylic acids is 1. The van der Waals surface area contributed by atoms with Crippen LogP contribution in [0.1, 0.15) is 55.9 Å². The summed E-state index contributed by atoms with van der Waals surface area (Å²) in [6.07, 6.45) is 3.43. The van der Waals surface area contributed by atoms with E-state index < -0.39 is 0 Å². The summed E-state index contributed by atoms with van der Waals surface area (Å²) in [6.45, 7) is 12.8. The third-order valence-electron chi connectivity index (χ3n) is 6.31. The van der Waals surface area contributed by atoms with Crippen molar-refractivity contribution in [1.82, 2.24) is 0 Å². The Kier molecular flexibility index (Phi) is 7.11. The molecule has 0 spiro atoms. The van der Waals surface area contributed by atoms with Crippen molar-refractivity contribution in [2.45, 2.75) is 47.5 Å². The number of nitrogens with one attached hydrogen (secondary N) is 1. The van der Waals surface area contributed by atoms with E-state index >= 15 is 0 Å². The number of carbonyl (C=O) groups is 1. The molecule has 180 valence electrons. The van der Waals surface area contributed by atoms with Crippen molar-refractivity contribution in [2.75, 3.05) is 11.9 Å². The third-order valence-corrected chi connectivity index (χ3v) is 6.31. The fourth-order valence-electron chi connectivity index (χ4n) is 4.30. The lowest BCUT2D eigenvalue weighted by Gasteiger charge is -2.15. The lowest BCUT2D eigenvalue weighted by atomic mass is 9.96. The van der Waals surface area contributed by atoms with Crippen molar-refractivity contribution in [3.05, 3.63) is 89.2 Å². The summed E-state index contributed by atoms with van der Waals surface area (Å²) in [4.78, 5) is 12.9. The van der Waals surface area contributed by atoms with E-state index in [2.05, 4.69) is 56.4 Å². The van der Waals surface area contributed by atoms with E-state index in [-0.39, 0.29) is 5.91 Å². The van der Waals surface area contributed by atoms with Crippen LogP contribution in [-0.2, 0) is 4.79 Å². The number of fused-ring (bicyclic) bond motifs is 1. The van der Waals surface area contributed by atoms with Crippen LogP contribution in [0.5, 0.6) is 5.75 Å². The SMILES string of the molecule is CCOc1c(/C(C)=C/C(=O)Nc2ccc(C(C)C)cc2)cc2c(-c3ccc(C)cc3)coc2c1C. The van der Waals surface area contributed by atoms with Crippen molar-refractivity contribution in [3.8, 4) is 16.9 Å². The lowest BCUT2D eigenvalue weighted by Crippen LogP contribution is -2.09. The van der Waals surface area contributed by atoms with E-state index in [1.54, 1.807) is 12.3 Å². The molecule has 0 aliphatic rings. The molecule has 0 aliphatic heterocycles. The maximum Gasteiger partial charge on any atom is 0.248 e. The van der Waals surface area contributed by atoms with Crippen LogP contribution in [0.3, 0.4) is 0 Å². The molecule has 1 amide bonds. The number of aryl methyl sites for hydroxylation is 2. The first-order chi connectivity index (χ1) is 16.8. The Bertz CT molecular complexity index is 1370. The van der Waals surface area contributed by atoms with Gasteiger partial charge in [-0.1, -0.05) is 55.8 Å². The molecule has 0 aliphatic carbocycles. The van der Waals surface area contributed by atoms with Gasteiger partial charge in [0.2, 0.25) is 5.91 Å². The molecule has 4 aromatic rings. The Morgan fingerprint density at radius 2 is 1.74 bits per heavy atom. The van der Waals surface area contributed by atoms with Gasteiger partial charge in [0.05, 0.1) is 12.9 Å². The molecular formula is C31H33NO3. The summed E-state index contributed by atoms with van der Waals surface area (Å²) in [5.41, 5.74) is 8.78. The molecule has 0 saturated heterocycles. The molecule has 4 nitrogen and oxygen atoms in total. The second-order valence-electron chi connectivity index (χ2n) is 9.30. The maximum atomic E-state index is 12.9. The molecule has 0 bridgehead atoms. The van der Waals surface area contributed by atoms with Crippen molar-refractivity contribution in [1.29, 1.82) is 0 Å². The number of hydrogen-bond donors (Lipinski definition) is 1. The molecule has 0 radical (unpaired) electrons. The van der Waals surface area contributed by atoms with E-state index in [1.165, 1.54) is 11.1 Å². The van der Waals surface area contributed by atoms with Crippen LogP contribution in [0, 0.1) is 13.8 Å². The summed E-state index contributed by atoms with van der Waals surface area (Å²) in [6, 6.07) is 18.5. The second kappa shape index (κ2) is 10.2. The van der Waals surface area contributed by atoms with Crippen LogP contribution in [0.4, 0.5) is 5.69 Å². The van der Waals surface area contributed by atoms with Gasteiger partial charge in [-0.2, -0.15) is 0 Å². The van der Waals surface area contributed by atoms with Crippen molar-refractivity contribution in [3.63, 3.8) is 0 Å². The van der Waals surface area contributed by atoms with Gasteiger partial charge in [-0.25, -0.2) is 0 Å². The monoisotopic (exact) mass is 467 g/mol. The van der Waals surface area contributed by atoms with E-state index in [0.717, 1.165) is 50.2 Å². The standard InChI is InChI=1S/C31H33NO3/c1-7-34-30-22(6)31-27(28(18-35-31)24-10-8-20(4)9-11-24)17-26(30)21(5)16-29(33)32-25-14-12-23(13-15-25)19(2)3/h8-19H,7H2,1-6H3,(H,32,33)/b21-16+. The average molecular weight is 468 g/mol. The highest BCUT2D eigenvalue weighted by Crippen LogP contribution is 2.40. The average Bonchev–Trinajstić information content (AvgIpc) is 3.26. The van der Waals surface area contributed by atoms with Gasteiger partial charge in [-0.05, 0) is 68.5 Å². The zero-order chi connectivity index (χ0) is 25.1. The minimum Gasteiger partial charge on any atom is -0.493 e. The topological polar surface area (TPSA) is 51.5 Å². The van der Waals surface area contributed by atoms with Gasteiger partial charge in [-0.15, -0.1) is 0 Å². The Morgan fingerprint density at radius 1 is 1.06 bits per heavy atom. The molecule has 35 heavy (non-hydrogen) atoms. The van der Waals surface area contributed by atoms with Gasteiger partial charge in [0.1, 0.15) is 11.3 Å². The quantitative estimate of drug-likeness (QED) is 0.278. The minimum absolute atomic E-state index is 0.175. The van der Waals surface area contributed by atoms with E-state index in [4.69, 9.17) is 9.15 Å². The predicted molar refractivity (Wildman–Crippen MR) is 145 cm³/mol. The van der Waals surface area contributed by atoms with Gasteiger partial charge in [0.25, 0.3) is 0 Å². The van der Waals surface area contributed by atoms with Gasteiger partial charge >= 0.3 is 0 Å². The number of anilines is 1. The first-order valence-corrected chi connectivity index (χ1v) is 12.1. The number of rotatable bonds is 7. The molecule has 0 fully saturated rings. The highest BCUT2D eigenvalue weighted by Gasteiger charge is 2.19. The van der Waals surface area contributed by atoms with Gasteiger partial charge in [0.15, 0.2) is 0 Å². The normalized spacial score (nSPS) is 11.8. The molecule has 0 atom stereocenters. The molecule has 1 N–H and O–H groups in total. The molecule has 0 saturated carbocycles. The third kappa shape index (κ3) is 5.17. The highest BCUT2D eigenvalue weighted by molar-refractivity contribution is 6.06. The summed E-state index contributed by atoms with van der Waals surface area (Å²) in [5.74, 6) is 1.02. The largest absolute Gasteiger partial charge is 0.493 e. The molecule has 4 rings (SSSR count). The number of benzene rings is 3. The number of allylic oxidation sites excluding steroid dienone is 1. The zero-order valence-corrected chi connectivity index (χ0v) is 21.4. The second-order valence-corrected chi connectivity index (χ2v) is 9.30. The van der Waals surface area contributed by atoms with Gasteiger partial charge in [0, 0.05) is 33.8 Å². The zero-order valence-electron chi connectivity index (χ0n) is 21.4. The first kappa shape index (κ1) is 24.3. The fourth-order valence-corrected chi connectivity index (χ4v) is 4.30. The minimum atomic E-state index is -0.175. The smallest absolute Gasteiger partial charge is 0.248 e. The number of furan rings is 1. The Labute approximate surface area is 207 Å². The van der Waals surface area contributed by atoms with Gasteiger partial charge in [-0.3, -0.25) is 4.79 Å². The maximum absolute atomic E-state index is 12.9. The molecular weight excluding hydrogens is 434 g/mol.